The number of carbonyl (C=O) groups excluding carboxylic acids is 2. The Hall–Kier alpha value is -3.75. The molecule has 0 radical (unpaired) electrons. The normalized spacial score (nSPS) is 16.8. The lowest BCUT2D eigenvalue weighted by Gasteiger charge is -2.37. The van der Waals surface area contributed by atoms with Gasteiger partial charge in [0.2, 0.25) is 5.91 Å². The topological polar surface area (TPSA) is 72.9 Å². The van der Waals surface area contributed by atoms with Crippen molar-refractivity contribution < 1.29 is 14.0 Å². The molecule has 3 aromatic rings. The largest absolute Gasteiger partial charge is 0.366 e. The number of fused-ring (bicyclic) bond motifs is 1. The number of halogens is 1. The Bertz CT molecular complexity index is 1220. The van der Waals surface area contributed by atoms with Crippen molar-refractivity contribution in [1.82, 2.24) is 20.0 Å². The number of hydrogen-bond donors (Lipinski definition) is 0. The number of benzene rings is 2. The molecule has 0 bridgehead atoms. The Morgan fingerprint density at radius 1 is 0.735 bits per heavy atom. The summed E-state index contributed by atoms with van der Waals surface area (Å²) in [6.45, 7) is 6.23. The first-order chi connectivity index (χ1) is 16.5. The van der Waals surface area contributed by atoms with E-state index in [1.165, 1.54) is 6.07 Å². The van der Waals surface area contributed by atoms with Crippen molar-refractivity contribution in [3.05, 3.63) is 60.0 Å². The van der Waals surface area contributed by atoms with Crippen molar-refractivity contribution in [2.75, 3.05) is 62.2 Å². The molecule has 8 nitrogen and oxygen atoms in total. The fourth-order valence-corrected chi connectivity index (χ4v) is 4.72. The van der Waals surface area contributed by atoms with Crippen LogP contribution < -0.4 is 9.80 Å². The van der Waals surface area contributed by atoms with Crippen molar-refractivity contribution in [2.45, 2.75) is 6.92 Å². The second-order valence-electron chi connectivity index (χ2n) is 8.64. The number of carbonyl (C=O) groups is 2. The number of rotatable bonds is 3. The van der Waals surface area contributed by atoms with E-state index >= 15 is 0 Å². The van der Waals surface area contributed by atoms with Gasteiger partial charge in [-0.2, -0.15) is 0 Å². The Morgan fingerprint density at radius 3 is 2.00 bits per heavy atom. The van der Waals surface area contributed by atoms with Crippen molar-refractivity contribution in [3.8, 4) is 0 Å². The number of nitrogens with zero attached hydrogens (tertiary/aromatic N) is 6. The minimum Gasteiger partial charge on any atom is -0.366 e. The van der Waals surface area contributed by atoms with Crippen molar-refractivity contribution >= 4 is 34.1 Å². The lowest BCUT2D eigenvalue weighted by atomic mass is 10.1. The molecular weight excluding hydrogens is 435 g/mol. The molecule has 9 heteroatoms. The highest BCUT2D eigenvalue weighted by molar-refractivity contribution is 6.07. The van der Waals surface area contributed by atoms with Crippen LogP contribution in [0.4, 0.5) is 15.9 Å². The van der Waals surface area contributed by atoms with Gasteiger partial charge in [0.25, 0.3) is 5.91 Å². The number of hydrogen-bond acceptors (Lipinski definition) is 6. The zero-order valence-corrected chi connectivity index (χ0v) is 19.2. The minimum absolute atomic E-state index is 0.0248. The van der Waals surface area contributed by atoms with E-state index in [0.717, 1.165) is 16.6 Å². The summed E-state index contributed by atoms with van der Waals surface area (Å²) in [5.74, 6) is 0.384. The van der Waals surface area contributed by atoms with Gasteiger partial charge in [0.1, 0.15) is 5.82 Å². The molecule has 0 unspecified atom stereocenters. The molecule has 2 aliphatic heterocycles. The molecule has 2 saturated heterocycles. The summed E-state index contributed by atoms with van der Waals surface area (Å²) in [6, 6.07) is 14.5. The fraction of sp³-hybridized carbons (Fsp3) is 0.360. The van der Waals surface area contributed by atoms with Gasteiger partial charge in [-0.05, 0) is 12.1 Å². The summed E-state index contributed by atoms with van der Waals surface area (Å²) in [6.07, 6.45) is 0. The van der Waals surface area contributed by atoms with E-state index < -0.39 is 0 Å². The highest BCUT2D eigenvalue weighted by Gasteiger charge is 2.28. The van der Waals surface area contributed by atoms with E-state index in [1.807, 2.05) is 35.2 Å². The van der Waals surface area contributed by atoms with Crippen molar-refractivity contribution in [3.63, 3.8) is 0 Å². The number of aromatic nitrogens is 2. The lowest BCUT2D eigenvalue weighted by molar-refractivity contribution is -0.130. The zero-order chi connectivity index (χ0) is 23.7. The third kappa shape index (κ3) is 4.13. The molecule has 2 amide bonds. The van der Waals surface area contributed by atoms with E-state index in [4.69, 9.17) is 0 Å². The molecule has 1 aromatic heterocycles. The summed E-state index contributed by atoms with van der Waals surface area (Å²) in [5, 5.41) is 10.5. The van der Waals surface area contributed by atoms with Gasteiger partial charge in [-0.3, -0.25) is 9.59 Å². The molecule has 5 rings (SSSR count). The number of para-hydroxylation sites is 1. The first-order valence-corrected chi connectivity index (χ1v) is 11.6. The van der Waals surface area contributed by atoms with Crippen molar-refractivity contribution in [2.24, 2.45) is 0 Å². The standard InChI is InChI=1S/C25H27FN6O2/c1-18(33)29-10-16-32(17-11-29)25(34)23-19-6-2-3-7-20(19)24(28-27-23)31-14-12-30(13-15-31)22-9-5-4-8-21(22)26/h2-9H,10-17H2,1H3. The van der Waals surface area contributed by atoms with Crippen LogP contribution in [0.15, 0.2) is 48.5 Å². The summed E-state index contributed by atoms with van der Waals surface area (Å²) < 4.78 is 14.2. The van der Waals surface area contributed by atoms with Gasteiger partial charge in [0, 0.05) is 70.1 Å². The van der Waals surface area contributed by atoms with Crippen molar-refractivity contribution in [1.29, 1.82) is 0 Å². The van der Waals surface area contributed by atoms with Crippen LogP contribution in [0.5, 0.6) is 0 Å². The number of piperazine rings is 2. The van der Waals surface area contributed by atoms with Crippen LogP contribution in [-0.4, -0.2) is 84.2 Å². The molecule has 176 valence electrons. The van der Waals surface area contributed by atoms with Crippen LogP contribution in [0.1, 0.15) is 17.4 Å². The first kappa shape index (κ1) is 22.1. The monoisotopic (exact) mass is 462 g/mol. The predicted octanol–water partition coefficient (Wildman–Crippen LogP) is 2.40. The molecule has 0 spiro atoms. The van der Waals surface area contributed by atoms with Gasteiger partial charge in [-0.1, -0.05) is 36.4 Å². The molecule has 2 aromatic carbocycles. The van der Waals surface area contributed by atoms with Crippen LogP contribution in [0.25, 0.3) is 10.8 Å². The van der Waals surface area contributed by atoms with E-state index in [-0.39, 0.29) is 17.6 Å². The van der Waals surface area contributed by atoms with Crippen LogP contribution in [-0.2, 0) is 4.79 Å². The summed E-state index contributed by atoms with van der Waals surface area (Å²) in [5.41, 5.74) is 0.949. The fourth-order valence-electron chi connectivity index (χ4n) is 4.72. The Labute approximate surface area is 197 Å². The Morgan fingerprint density at radius 2 is 1.32 bits per heavy atom. The van der Waals surface area contributed by atoms with Crippen LogP contribution in [0.2, 0.25) is 0 Å². The lowest BCUT2D eigenvalue weighted by Crippen LogP contribution is -2.50. The molecule has 2 fully saturated rings. The van der Waals surface area contributed by atoms with Crippen LogP contribution in [0.3, 0.4) is 0 Å². The van der Waals surface area contributed by atoms with Gasteiger partial charge in [-0.15, -0.1) is 10.2 Å². The quantitative estimate of drug-likeness (QED) is 0.595. The molecule has 0 N–H and O–H groups in total. The predicted molar refractivity (Wildman–Crippen MR) is 129 cm³/mol. The molecule has 0 atom stereocenters. The highest BCUT2D eigenvalue weighted by Crippen LogP contribution is 2.29. The third-order valence-electron chi connectivity index (χ3n) is 6.65. The zero-order valence-electron chi connectivity index (χ0n) is 19.2. The van der Waals surface area contributed by atoms with Gasteiger partial charge >= 0.3 is 0 Å². The van der Waals surface area contributed by atoms with E-state index in [9.17, 15) is 14.0 Å². The number of amides is 2. The average Bonchev–Trinajstić information content (AvgIpc) is 2.88. The second kappa shape index (κ2) is 9.24. The van der Waals surface area contributed by atoms with Crippen LogP contribution in [0, 0.1) is 5.82 Å². The van der Waals surface area contributed by atoms with Crippen LogP contribution >= 0.6 is 0 Å². The molecule has 2 aliphatic rings. The minimum atomic E-state index is -0.215. The second-order valence-corrected chi connectivity index (χ2v) is 8.64. The van der Waals surface area contributed by atoms with Gasteiger partial charge in [-0.25, -0.2) is 4.39 Å². The summed E-state index contributed by atoms with van der Waals surface area (Å²) in [7, 11) is 0. The van der Waals surface area contributed by atoms with E-state index in [0.29, 0.717) is 63.7 Å². The first-order valence-electron chi connectivity index (χ1n) is 11.6. The maximum Gasteiger partial charge on any atom is 0.275 e. The molecule has 34 heavy (non-hydrogen) atoms. The molecule has 3 heterocycles. The maximum absolute atomic E-state index is 14.2. The molecular formula is C25H27FN6O2. The molecule has 0 saturated carbocycles. The molecule has 0 aliphatic carbocycles. The van der Waals surface area contributed by atoms with E-state index in [2.05, 4.69) is 15.1 Å². The Balaban J connectivity index is 1.36. The van der Waals surface area contributed by atoms with Gasteiger partial charge in [0.15, 0.2) is 11.5 Å². The summed E-state index contributed by atoms with van der Waals surface area (Å²) >= 11 is 0. The summed E-state index contributed by atoms with van der Waals surface area (Å²) in [4.78, 5) is 32.5. The number of anilines is 2. The third-order valence-corrected chi connectivity index (χ3v) is 6.65. The van der Waals surface area contributed by atoms with E-state index in [1.54, 1.807) is 28.9 Å². The SMILES string of the molecule is CC(=O)N1CCN(C(=O)c2nnc(N3CCN(c4ccccc4F)CC3)c3ccccc23)CC1. The maximum atomic E-state index is 14.2. The highest BCUT2D eigenvalue weighted by atomic mass is 19.1. The Kier molecular flexibility index (Phi) is 6.00. The van der Waals surface area contributed by atoms with Gasteiger partial charge < -0.3 is 19.6 Å². The average molecular weight is 463 g/mol. The smallest absolute Gasteiger partial charge is 0.275 e. The van der Waals surface area contributed by atoms with Gasteiger partial charge in [0.05, 0.1) is 5.69 Å².